The van der Waals surface area contributed by atoms with E-state index in [0.29, 0.717) is 19.0 Å². The number of hydrogen-bond donors (Lipinski definition) is 2. The number of carboxylic acids is 1. The average molecular weight is 230 g/mol. The summed E-state index contributed by atoms with van der Waals surface area (Å²) in [4.78, 5) is 23.6. The van der Waals surface area contributed by atoms with Crippen LogP contribution in [-0.2, 0) is 4.79 Å². The summed E-state index contributed by atoms with van der Waals surface area (Å²) in [5.41, 5.74) is 0. The van der Waals surface area contributed by atoms with Gasteiger partial charge in [0, 0.05) is 13.1 Å². The van der Waals surface area contributed by atoms with E-state index in [4.69, 9.17) is 5.11 Å². The predicted molar refractivity (Wildman–Crippen MR) is 62.3 cm³/mol. The Kier molecular flexibility index (Phi) is 6.53. The van der Waals surface area contributed by atoms with Crippen LogP contribution >= 0.6 is 0 Å². The molecule has 0 aliphatic heterocycles. The minimum Gasteiger partial charge on any atom is -0.480 e. The highest BCUT2D eigenvalue weighted by molar-refractivity contribution is 5.80. The van der Waals surface area contributed by atoms with E-state index in [1.165, 1.54) is 4.90 Å². The van der Waals surface area contributed by atoms with Crippen LogP contribution in [0.15, 0.2) is 0 Å². The summed E-state index contributed by atoms with van der Waals surface area (Å²) in [5, 5.41) is 11.4. The van der Waals surface area contributed by atoms with E-state index >= 15 is 0 Å². The van der Waals surface area contributed by atoms with Crippen molar-refractivity contribution < 1.29 is 14.7 Å². The zero-order chi connectivity index (χ0) is 12.7. The van der Waals surface area contributed by atoms with E-state index in [1.54, 1.807) is 0 Å². The Hall–Kier alpha value is -1.26. The van der Waals surface area contributed by atoms with Crippen molar-refractivity contribution in [2.75, 3.05) is 19.6 Å². The molecule has 0 aromatic carbocycles. The number of carbonyl (C=O) groups excluding carboxylic acids is 1. The second-order valence-corrected chi connectivity index (χ2v) is 4.75. The van der Waals surface area contributed by atoms with Crippen LogP contribution in [0.25, 0.3) is 0 Å². The minimum atomic E-state index is -0.986. The molecule has 0 bridgehead atoms. The molecule has 0 aromatic rings. The molecule has 0 saturated carbocycles. The van der Waals surface area contributed by atoms with E-state index in [0.717, 1.165) is 0 Å². The molecule has 0 aromatic heterocycles. The summed E-state index contributed by atoms with van der Waals surface area (Å²) in [6.45, 7) is 8.65. The van der Waals surface area contributed by atoms with Crippen LogP contribution < -0.4 is 5.32 Å². The van der Waals surface area contributed by atoms with Crippen LogP contribution in [0.4, 0.5) is 4.79 Å². The zero-order valence-electron chi connectivity index (χ0n) is 10.5. The van der Waals surface area contributed by atoms with Gasteiger partial charge in [-0.05, 0) is 11.8 Å². The van der Waals surface area contributed by atoms with Gasteiger partial charge in [0.05, 0.1) is 0 Å². The van der Waals surface area contributed by atoms with Crippen LogP contribution in [0.1, 0.15) is 27.7 Å². The fraction of sp³-hybridized carbons (Fsp3) is 0.818. The van der Waals surface area contributed by atoms with Gasteiger partial charge >= 0.3 is 12.0 Å². The lowest BCUT2D eigenvalue weighted by Crippen LogP contribution is -2.45. The molecular weight excluding hydrogens is 208 g/mol. The molecule has 0 rings (SSSR count). The van der Waals surface area contributed by atoms with E-state index in [-0.39, 0.29) is 18.5 Å². The summed E-state index contributed by atoms with van der Waals surface area (Å²) in [6.07, 6.45) is 0. The summed E-state index contributed by atoms with van der Waals surface area (Å²) < 4.78 is 0. The maximum absolute atomic E-state index is 11.7. The Bertz CT molecular complexity index is 239. The lowest BCUT2D eigenvalue weighted by atomic mass is 10.2. The van der Waals surface area contributed by atoms with Crippen LogP contribution in [0.5, 0.6) is 0 Å². The molecule has 2 N–H and O–H groups in total. The van der Waals surface area contributed by atoms with Crippen molar-refractivity contribution in [3.8, 4) is 0 Å². The topological polar surface area (TPSA) is 69.6 Å². The molecule has 0 saturated heterocycles. The summed E-state index contributed by atoms with van der Waals surface area (Å²) >= 11 is 0. The second-order valence-electron chi connectivity index (χ2n) is 4.75. The maximum atomic E-state index is 11.7. The second kappa shape index (κ2) is 7.09. The molecule has 94 valence electrons. The van der Waals surface area contributed by atoms with E-state index in [2.05, 4.69) is 5.32 Å². The molecule has 5 heteroatoms. The number of nitrogens with one attached hydrogen (secondary N) is 1. The molecule has 0 fully saturated rings. The van der Waals surface area contributed by atoms with Crippen molar-refractivity contribution in [1.29, 1.82) is 0 Å². The number of rotatable bonds is 6. The normalized spacial score (nSPS) is 10.6. The lowest BCUT2D eigenvalue weighted by Gasteiger charge is -2.23. The van der Waals surface area contributed by atoms with Crippen LogP contribution in [0.3, 0.4) is 0 Å². The largest absolute Gasteiger partial charge is 0.480 e. The SMILES string of the molecule is CC(C)CNC(=O)N(CC(=O)O)CC(C)C. The first-order valence-corrected chi connectivity index (χ1v) is 5.57. The minimum absolute atomic E-state index is 0.248. The quantitative estimate of drug-likeness (QED) is 0.724. The molecular formula is C11H22N2O3. The fourth-order valence-electron chi connectivity index (χ4n) is 1.23. The number of aliphatic carboxylic acids is 1. The van der Waals surface area contributed by atoms with E-state index in [9.17, 15) is 9.59 Å². The fourth-order valence-corrected chi connectivity index (χ4v) is 1.23. The number of amides is 2. The Morgan fingerprint density at radius 1 is 1.19 bits per heavy atom. The number of carboxylic acid groups (broad SMARTS) is 1. The standard InChI is InChI=1S/C11H22N2O3/c1-8(2)5-12-11(16)13(6-9(3)4)7-10(14)15/h8-9H,5-7H2,1-4H3,(H,12,16)(H,14,15). The summed E-state index contributed by atoms with van der Waals surface area (Å²) in [6, 6.07) is -0.301. The van der Waals surface area contributed by atoms with Gasteiger partial charge in [0.25, 0.3) is 0 Å². The van der Waals surface area contributed by atoms with Crippen LogP contribution in [0, 0.1) is 11.8 Å². The Balaban J connectivity index is 4.26. The van der Waals surface area contributed by atoms with Crippen molar-refractivity contribution >= 4 is 12.0 Å². The smallest absolute Gasteiger partial charge is 0.323 e. The van der Waals surface area contributed by atoms with Crippen molar-refractivity contribution in [3.63, 3.8) is 0 Å². The molecule has 0 spiro atoms. The molecule has 0 aliphatic rings. The number of hydrogen-bond acceptors (Lipinski definition) is 2. The van der Waals surface area contributed by atoms with Crippen molar-refractivity contribution in [1.82, 2.24) is 10.2 Å². The van der Waals surface area contributed by atoms with Crippen molar-refractivity contribution in [2.45, 2.75) is 27.7 Å². The Morgan fingerprint density at radius 2 is 1.75 bits per heavy atom. The average Bonchev–Trinajstić information content (AvgIpc) is 2.11. The highest BCUT2D eigenvalue weighted by Crippen LogP contribution is 1.99. The molecule has 0 heterocycles. The molecule has 16 heavy (non-hydrogen) atoms. The van der Waals surface area contributed by atoms with Gasteiger partial charge in [-0.3, -0.25) is 4.79 Å². The first-order valence-electron chi connectivity index (χ1n) is 5.57. The third-order valence-electron chi connectivity index (χ3n) is 1.86. The van der Waals surface area contributed by atoms with Crippen LogP contribution in [-0.4, -0.2) is 41.6 Å². The van der Waals surface area contributed by atoms with Crippen molar-refractivity contribution in [2.24, 2.45) is 11.8 Å². The number of urea groups is 1. The van der Waals surface area contributed by atoms with E-state index < -0.39 is 5.97 Å². The number of nitrogens with zero attached hydrogens (tertiary/aromatic N) is 1. The molecule has 0 radical (unpaired) electrons. The van der Waals surface area contributed by atoms with Crippen LogP contribution in [0.2, 0.25) is 0 Å². The monoisotopic (exact) mass is 230 g/mol. The lowest BCUT2D eigenvalue weighted by molar-refractivity contribution is -0.137. The van der Waals surface area contributed by atoms with E-state index in [1.807, 2.05) is 27.7 Å². The Labute approximate surface area is 96.8 Å². The van der Waals surface area contributed by atoms with Gasteiger partial charge in [-0.25, -0.2) is 4.79 Å². The van der Waals surface area contributed by atoms with Gasteiger partial charge in [-0.1, -0.05) is 27.7 Å². The van der Waals surface area contributed by atoms with Gasteiger partial charge < -0.3 is 15.3 Å². The summed E-state index contributed by atoms with van der Waals surface area (Å²) in [7, 11) is 0. The Morgan fingerprint density at radius 3 is 2.12 bits per heavy atom. The first-order chi connectivity index (χ1) is 7.32. The predicted octanol–water partition coefficient (Wildman–Crippen LogP) is 1.39. The highest BCUT2D eigenvalue weighted by Gasteiger charge is 2.17. The third-order valence-corrected chi connectivity index (χ3v) is 1.86. The van der Waals surface area contributed by atoms with Gasteiger partial charge in [0.15, 0.2) is 0 Å². The first kappa shape index (κ1) is 14.7. The number of carbonyl (C=O) groups is 2. The van der Waals surface area contributed by atoms with Gasteiger partial charge in [-0.15, -0.1) is 0 Å². The van der Waals surface area contributed by atoms with Gasteiger partial charge in [0.1, 0.15) is 6.54 Å². The molecule has 0 aliphatic carbocycles. The van der Waals surface area contributed by atoms with Gasteiger partial charge in [-0.2, -0.15) is 0 Å². The summed E-state index contributed by atoms with van der Waals surface area (Å²) in [5.74, 6) is -0.376. The molecule has 0 atom stereocenters. The highest BCUT2D eigenvalue weighted by atomic mass is 16.4. The molecule has 0 unspecified atom stereocenters. The van der Waals surface area contributed by atoms with Gasteiger partial charge in [0.2, 0.25) is 0 Å². The zero-order valence-corrected chi connectivity index (χ0v) is 10.5. The molecule has 2 amide bonds. The molecule has 5 nitrogen and oxygen atoms in total. The third kappa shape index (κ3) is 7.09. The van der Waals surface area contributed by atoms with Crippen molar-refractivity contribution in [3.05, 3.63) is 0 Å². The maximum Gasteiger partial charge on any atom is 0.323 e.